The summed E-state index contributed by atoms with van der Waals surface area (Å²) in [4.78, 5) is 16.6. The van der Waals surface area contributed by atoms with Crippen LogP contribution in [-0.4, -0.2) is 42.9 Å². The number of aryl methyl sites for hydroxylation is 1. The summed E-state index contributed by atoms with van der Waals surface area (Å²) in [6.45, 7) is 5.28. The van der Waals surface area contributed by atoms with Crippen molar-refractivity contribution in [2.24, 2.45) is 0 Å². The van der Waals surface area contributed by atoms with Crippen molar-refractivity contribution in [3.63, 3.8) is 0 Å². The molecule has 0 atom stereocenters. The summed E-state index contributed by atoms with van der Waals surface area (Å²) in [5.41, 5.74) is 6.10. The van der Waals surface area contributed by atoms with Gasteiger partial charge in [0.2, 0.25) is 0 Å². The zero-order valence-electron chi connectivity index (χ0n) is 18.8. The molecule has 0 radical (unpaired) electrons. The maximum Gasteiger partial charge on any atom is 0.253 e. The molecule has 0 bridgehead atoms. The summed E-state index contributed by atoms with van der Waals surface area (Å²) in [6.07, 6.45) is 2.15. The van der Waals surface area contributed by atoms with Gasteiger partial charge < -0.3 is 4.90 Å². The highest BCUT2D eigenvalue weighted by Crippen LogP contribution is 2.42. The van der Waals surface area contributed by atoms with Crippen LogP contribution in [-0.2, 0) is 12.0 Å². The normalized spacial score (nSPS) is 16.1. The average molecular weight is 413 g/mol. The van der Waals surface area contributed by atoms with Gasteiger partial charge in [-0.3, -0.25) is 9.69 Å². The van der Waals surface area contributed by atoms with Crippen molar-refractivity contribution in [2.75, 3.05) is 27.2 Å². The molecule has 0 N–H and O–H groups in total. The van der Waals surface area contributed by atoms with Crippen molar-refractivity contribution < 1.29 is 4.79 Å². The molecule has 160 valence electrons. The first-order chi connectivity index (χ1) is 15.0. The molecule has 0 unspecified atom stereocenters. The Morgan fingerprint density at radius 3 is 2.16 bits per heavy atom. The van der Waals surface area contributed by atoms with Crippen molar-refractivity contribution in [2.45, 2.75) is 31.7 Å². The van der Waals surface area contributed by atoms with E-state index in [-0.39, 0.29) is 11.3 Å². The first-order valence-electron chi connectivity index (χ1n) is 11.1. The first kappa shape index (κ1) is 21.3. The molecule has 0 aliphatic carbocycles. The molecule has 4 rings (SSSR count). The van der Waals surface area contributed by atoms with E-state index in [0.717, 1.165) is 38.0 Å². The Morgan fingerprint density at radius 2 is 1.55 bits per heavy atom. The highest BCUT2D eigenvalue weighted by molar-refractivity contribution is 5.93. The highest BCUT2D eigenvalue weighted by atomic mass is 16.2. The summed E-state index contributed by atoms with van der Waals surface area (Å²) in [6, 6.07) is 28.0. The van der Waals surface area contributed by atoms with Gasteiger partial charge in [0.05, 0.1) is 0 Å². The molecule has 1 heterocycles. The average Bonchev–Trinajstić information content (AvgIpc) is 2.80. The number of rotatable bonds is 5. The molecule has 31 heavy (non-hydrogen) atoms. The second kappa shape index (κ2) is 9.07. The fraction of sp³-hybridized carbons (Fsp3) is 0.321. The lowest BCUT2D eigenvalue weighted by Gasteiger charge is -2.43. The number of carbonyl (C=O) groups is 1. The molecule has 3 aromatic rings. The van der Waals surface area contributed by atoms with Crippen molar-refractivity contribution in [3.8, 4) is 0 Å². The van der Waals surface area contributed by atoms with Gasteiger partial charge in [-0.25, -0.2) is 0 Å². The van der Waals surface area contributed by atoms with Gasteiger partial charge in [-0.05, 0) is 61.7 Å². The predicted octanol–water partition coefficient (Wildman–Crippen LogP) is 5.28. The maximum absolute atomic E-state index is 12.4. The summed E-state index contributed by atoms with van der Waals surface area (Å²) in [5.74, 6) is 0.0498. The van der Waals surface area contributed by atoms with E-state index in [9.17, 15) is 4.79 Å². The van der Waals surface area contributed by atoms with E-state index in [1.165, 1.54) is 22.3 Å². The molecule has 1 aliphatic heterocycles. The Bertz CT molecular complexity index is 1020. The summed E-state index contributed by atoms with van der Waals surface area (Å²) in [7, 11) is 3.60. The minimum absolute atomic E-state index is 0.0150. The van der Waals surface area contributed by atoms with Gasteiger partial charge in [-0.15, -0.1) is 0 Å². The number of likely N-dealkylation sites (tertiary alicyclic amines) is 1. The fourth-order valence-electron chi connectivity index (χ4n) is 4.81. The fourth-order valence-corrected chi connectivity index (χ4v) is 4.81. The van der Waals surface area contributed by atoms with Gasteiger partial charge in [-0.1, -0.05) is 72.3 Å². The molecule has 3 aromatic carbocycles. The topological polar surface area (TPSA) is 23.6 Å². The molecular weight excluding hydrogens is 380 g/mol. The molecule has 1 aliphatic rings. The monoisotopic (exact) mass is 412 g/mol. The van der Waals surface area contributed by atoms with Gasteiger partial charge in [0, 0.05) is 31.6 Å². The van der Waals surface area contributed by atoms with E-state index in [2.05, 4.69) is 78.6 Å². The predicted molar refractivity (Wildman–Crippen MR) is 127 cm³/mol. The number of nitrogens with zero attached hydrogens (tertiary/aromatic N) is 2. The van der Waals surface area contributed by atoms with E-state index in [1.54, 1.807) is 19.0 Å². The largest absolute Gasteiger partial charge is 0.345 e. The minimum atomic E-state index is -0.0150. The van der Waals surface area contributed by atoms with E-state index in [1.807, 2.05) is 12.1 Å². The number of piperidine rings is 1. The lowest BCUT2D eigenvalue weighted by Crippen LogP contribution is -2.43. The van der Waals surface area contributed by atoms with Gasteiger partial charge in [0.25, 0.3) is 5.91 Å². The Balaban J connectivity index is 1.62. The number of amides is 1. The standard InChI is InChI=1S/C28H32N2O/c1-22-8-7-11-26(20-22)28(25-14-12-24(13-15-25)27(31)29(2)3)16-18-30(19-17-28)21-23-9-5-4-6-10-23/h4-15,20H,16-19,21H2,1-3H3. The van der Waals surface area contributed by atoms with Gasteiger partial charge >= 0.3 is 0 Å². The van der Waals surface area contributed by atoms with Crippen molar-refractivity contribution in [1.82, 2.24) is 9.80 Å². The van der Waals surface area contributed by atoms with Crippen LogP contribution in [0.5, 0.6) is 0 Å². The van der Waals surface area contributed by atoms with Crippen molar-refractivity contribution >= 4 is 5.91 Å². The van der Waals surface area contributed by atoms with E-state index in [4.69, 9.17) is 0 Å². The summed E-state index contributed by atoms with van der Waals surface area (Å²) < 4.78 is 0. The Morgan fingerprint density at radius 1 is 0.871 bits per heavy atom. The zero-order chi connectivity index (χ0) is 21.8. The zero-order valence-corrected chi connectivity index (χ0v) is 18.8. The van der Waals surface area contributed by atoms with Gasteiger partial charge in [0.1, 0.15) is 0 Å². The van der Waals surface area contributed by atoms with Gasteiger partial charge in [0.15, 0.2) is 0 Å². The number of hydrogen-bond donors (Lipinski definition) is 0. The summed E-state index contributed by atoms with van der Waals surface area (Å²) >= 11 is 0. The summed E-state index contributed by atoms with van der Waals surface area (Å²) in [5, 5.41) is 0. The molecule has 3 heteroatoms. The lowest BCUT2D eigenvalue weighted by molar-refractivity contribution is 0.0827. The molecule has 1 fully saturated rings. The van der Waals surface area contributed by atoms with Crippen LogP contribution >= 0.6 is 0 Å². The quantitative estimate of drug-likeness (QED) is 0.569. The highest BCUT2D eigenvalue weighted by Gasteiger charge is 2.38. The van der Waals surface area contributed by atoms with Crippen molar-refractivity contribution in [3.05, 3.63) is 107 Å². The van der Waals surface area contributed by atoms with Crippen LogP contribution in [0.3, 0.4) is 0 Å². The van der Waals surface area contributed by atoms with Crippen LogP contribution in [0.2, 0.25) is 0 Å². The van der Waals surface area contributed by atoms with E-state index >= 15 is 0 Å². The molecule has 0 saturated carbocycles. The maximum atomic E-state index is 12.4. The van der Waals surface area contributed by atoms with E-state index < -0.39 is 0 Å². The number of benzene rings is 3. The molecular formula is C28H32N2O. The van der Waals surface area contributed by atoms with Crippen molar-refractivity contribution in [1.29, 1.82) is 0 Å². The number of hydrogen-bond acceptors (Lipinski definition) is 2. The molecule has 1 amide bonds. The van der Waals surface area contributed by atoms with Crippen LogP contribution in [0.1, 0.15) is 45.5 Å². The van der Waals surface area contributed by atoms with Crippen LogP contribution < -0.4 is 0 Å². The Labute approximate surface area is 186 Å². The SMILES string of the molecule is Cc1cccc(C2(c3ccc(C(=O)N(C)C)cc3)CCN(Cc3ccccc3)CC2)c1. The smallest absolute Gasteiger partial charge is 0.253 e. The van der Waals surface area contributed by atoms with Gasteiger partial charge in [-0.2, -0.15) is 0 Å². The first-order valence-corrected chi connectivity index (χ1v) is 11.1. The van der Waals surface area contributed by atoms with Crippen LogP contribution in [0, 0.1) is 6.92 Å². The van der Waals surface area contributed by atoms with E-state index in [0.29, 0.717) is 0 Å². The third kappa shape index (κ3) is 4.57. The molecule has 0 spiro atoms. The van der Waals surface area contributed by atoms with Crippen LogP contribution in [0.25, 0.3) is 0 Å². The Kier molecular flexibility index (Phi) is 6.24. The second-order valence-corrected chi connectivity index (χ2v) is 8.99. The second-order valence-electron chi connectivity index (χ2n) is 8.99. The molecule has 1 saturated heterocycles. The third-order valence-electron chi connectivity index (χ3n) is 6.62. The minimum Gasteiger partial charge on any atom is -0.345 e. The number of carbonyl (C=O) groups excluding carboxylic acids is 1. The van der Waals surface area contributed by atoms with Crippen LogP contribution in [0.15, 0.2) is 78.9 Å². The van der Waals surface area contributed by atoms with Crippen LogP contribution in [0.4, 0.5) is 0 Å². The third-order valence-corrected chi connectivity index (χ3v) is 6.62. The lowest BCUT2D eigenvalue weighted by atomic mass is 9.67. The molecule has 0 aromatic heterocycles. The Hall–Kier alpha value is -2.91. The molecule has 3 nitrogen and oxygen atoms in total.